The molecule has 1 nitrogen and oxygen atoms in total. The molecule has 1 fully saturated rings. The topological polar surface area (TPSA) is 12.0 Å². The molecule has 0 aromatic carbocycles. The largest absolute Gasteiger partial charge is 0.314 e. The first-order chi connectivity index (χ1) is 7.77. The van der Waals surface area contributed by atoms with Gasteiger partial charge in [0.1, 0.15) is 0 Å². The smallest absolute Gasteiger partial charge is 0.00953 e. The van der Waals surface area contributed by atoms with Crippen LogP contribution in [0.25, 0.3) is 0 Å². The van der Waals surface area contributed by atoms with Crippen LogP contribution in [0.4, 0.5) is 0 Å². The standard InChI is InChI=1S/C14H23NS/c1-3-9-15-12(2)14(7-8-14)6-4-13-5-10-16-11-13/h5,10-12,15H,3-4,6-9H2,1-2H3. The summed E-state index contributed by atoms with van der Waals surface area (Å²) >= 11 is 1.82. The number of hydrogen-bond acceptors (Lipinski definition) is 2. The Hall–Kier alpha value is -0.340. The average molecular weight is 237 g/mol. The van der Waals surface area contributed by atoms with Gasteiger partial charge >= 0.3 is 0 Å². The van der Waals surface area contributed by atoms with Gasteiger partial charge in [-0.15, -0.1) is 0 Å². The fourth-order valence-electron chi connectivity index (χ4n) is 2.47. The third-order valence-electron chi connectivity index (χ3n) is 4.00. The second-order valence-electron chi connectivity index (χ2n) is 5.17. The third-order valence-corrected chi connectivity index (χ3v) is 4.74. The Morgan fingerprint density at radius 3 is 2.88 bits per heavy atom. The lowest BCUT2D eigenvalue weighted by Crippen LogP contribution is -2.35. The van der Waals surface area contributed by atoms with Crippen LogP contribution in [0, 0.1) is 5.41 Å². The molecule has 1 aliphatic rings. The molecule has 1 heterocycles. The molecule has 0 saturated heterocycles. The van der Waals surface area contributed by atoms with E-state index in [4.69, 9.17) is 0 Å². The van der Waals surface area contributed by atoms with Crippen molar-refractivity contribution in [3.05, 3.63) is 22.4 Å². The maximum absolute atomic E-state index is 3.67. The van der Waals surface area contributed by atoms with Gasteiger partial charge in [0.05, 0.1) is 0 Å². The van der Waals surface area contributed by atoms with E-state index in [-0.39, 0.29) is 0 Å². The Kier molecular flexibility index (Phi) is 4.04. The maximum atomic E-state index is 3.67. The predicted octanol–water partition coefficient (Wildman–Crippen LogP) is 3.85. The normalized spacial score (nSPS) is 19.6. The molecule has 0 spiro atoms. The molecule has 1 aliphatic carbocycles. The van der Waals surface area contributed by atoms with Gasteiger partial charge in [0, 0.05) is 6.04 Å². The van der Waals surface area contributed by atoms with Crippen molar-refractivity contribution in [2.75, 3.05) is 6.54 Å². The molecule has 2 heteroatoms. The highest BCUT2D eigenvalue weighted by Crippen LogP contribution is 2.52. The lowest BCUT2D eigenvalue weighted by molar-refractivity contribution is 0.331. The zero-order chi connectivity index (χ0) is 11.4. The van der Waals surface area contributed by atoms with Crippen molar-refractivity contribution in [2.24, 2.45) is 5.41 Å². The lowest BCUT2D eigenvalue weighted by Gasteiger charge is -2.24. The van der Waals surface area contributed by atoms with Gasteiger partial charge in [-0.1, -0.05) is 6.92 Å². The van der Waals surface area contributed by atoms with Gasteiger partial charge in [-0.3, -0.25) is 0 Å². The van der Waals surface area contributed by atoms with Crippen molar-refractivity contribution in [1.82, 2.24) is 5.32 Å². The van der Waals surface area contributed by atoms with Crippen LogP contribution in [0.15, 0.2) is 16.8 Å². The van der Waals surface area contributed by atoms with Crippen LogP contribution in [-0.4, -0.2) is 12.6 Å². The molecular weight excluding hydrogens is 214 g/mol. The molecule has 1 aromatic heterocycles. The van der Waals surface area contributed by atoms with Crippen LogP contribution in [0.3, 0.4) is 0 Å². The molecule has 1 unspecified atom stereocenters. The van der Waals surface area contributed by atoms with Crippen LogP contribution in [0.1, 0.15) is 45.1 Å². The van der Waals surface area contributed by atoms with E-state index in [0.29, 0.717) is 11.5 Å². The highest BCUT2D eigenvalue weighted by molar-refractivity contribution is 7.07. The van der Waals surface area contributed by atoms with E-state index in [1.54, 1.807) is 0 Å². The molecule has 0 radical (unpaired) electrons. The number of hydrogen-bond donors (Lipinski definition) is 1. The van der Waals surface area contributed by atoms with E-state index < -0.39 is 0 Å². The minimum Gasteiger partial charge on any atom is -0.314 e. The molecule has 90 valence electrons. The summed E-state index contributed by atoms with van der Waals surface area (Å²) in [5.41, 5.74) is 2.15. The molecule has 1 atom stereocenters. The second-order valence-corrected chi connectivity index (χ2v) is 5.95. The van der Waals surface area contributed by atoms with Crippen molar-refractivity contribution in [3.63, 3.8) is 0 Å². The van der Waals surface area contributed by atoms with Crippen LogP contribution in [0.2, 0.25) is 0 Å². The van der Waals surface area contributed by atoms with Gasteiger partial charge in [-0.2, -0.15) is 11.3 Å². The molecule has 16 heavy (non-hydrogen) atoms. The average Bonchev–Trinajstić information content (AvgIpc) is 2.91. The molecule has 1 aromatic rings. The minimum atomic E-state index is 0.622. The molecule has 0 amide bonds. The van der Waals surface area contributed by atoms with Crippen LogP contribution in [0.5, 0.6) is 0 Å². The summed E-state index contributed by atoms with van der Waals surface area (Å²) in [7, 11) is 0. The zero-order valence-electron chi connectivity index (χ0n) is 10.5. The highest BCUT2D eigenvalue weighted by atomic mass is 32.1. The van der Waals surface area contributed by atoms with E-state index in [9.17, 15) is 0 Å². The predicted molar refractivity (Wildman–Crippen MR) is 72.1 cm³/mol. The van der Waals surface area contributed by atoms with Gasteiger partial charge in [0.2, 0.25) is 0 Å². The molecule has 0 bridgehead atoms. The quantitative estimate of drug-likeness (QED) is 0.759. The summed E-state index contributed by atoms with van der Waals surface area (Å²) < 4.78 is 0. The van der Waals surface area contributed by atoms with Crippen LogP contribution >= 0.6 is 11.3 Å². The van der Waals surface area contributed by atoms with Crippen molar-refractivity contribution >= 4 is 11.3 Å². The first-order valence-electron chi connectivity index (χ1n) is 6.51. The number of thiophene rings is 1. The van der Waals surface area contributed by atoms with E-state index in [1.807, 2.05) is 11.3 Å². The first-order valence-corrected chi connectivity index (χ1v) is 7.45. The number of aryl methyl sites for hydroxylation is 1. The van der Waals surface area contributed by atoms with Gasteiger partial charge in [-0.25, -0.2) is 0 Å². The SMILES string of the molecule is CCCNC(C)C1(CCc2ccsc2)CC1. The molecule has 0 aliphatic heterocycles. The van der Waals surface area contributed by atoms with Crippen molar-refractivity contribution in [3.8, 4) is 0 Å². The zero-order valence-corrected chi connectivity index (χ0v) is 11.3. The van der Waals surface area contributed by atoms with Crippen molar-refractivity contribution in [1.29, 1.82) is 0 Å². The molecule has 2 rings (SSSR count). The monoisotopic (exact) mass is 237 g/mol. The Balaban J connectivity index is 1.79. The van der Waals surface area contributed by atoms with E-state index in [1.165, 1.54) is 44.2 Å². The Morgan fingerprint density at radius 1 is 1.50 bits per heavy atom. The van der Waals surface area contributed by atoms with E-state index in [0.717, 1.165) is 0 Å². The Labute approximate surface area is 103 Å². The summed E-state index contributed by atoms with van der Waals surface area (Å²) in [5.74, 6) is 0. The van der Waals surface area contributed by atoms with Gasteiger partial charge < -0.3 is 5.32 Å². The fourth-order valence-corrected chi connectivity index (χ4v) is 3.17. The van der Waals surface area contributed by atoms with Gasteiger partial charge in [-0.05, 0) is 73.4 Å². The highest BCUT2D eigenvalue weighted by Gasteiger charge is 2.46. The number of rotatable bonds is 7. The Morgan fingerprint density at radius 2 is 2.31 bits per heavy atom. The fraction of sp³-hybridized carbons (Fsp3) is 0.714. The molecular formula is C14H23NS. The van der Waals surface area contributed by atoms with E-state index in [2.05, 4.69) is 36.0 Å². The van der Waals surface area contributed by atoms with Crippen LogP contribution < -0.4 is 5.32 Å². The number of nitrogens with one attached hydrogen (secondary N) is 1. The second kappa shape index (κ2) is 5.33. The summed E-state index contributed by atoms with van der Waals surface area (Å²) in [4.78, 5) is 0. The maximum Gasteiger partial charge on any atom is 0.00953 e. The summed E-state index contributed by atoms with van der Waals surface area (Å²) in [6, 6.07) is 2.97. The first kappa shape index (κ1) is 12.1. The molecule has 1 saturated carbocycles. The van der Waals surface area contributed by atoms with Gasteiger partial charge in [0.25, 0.3) is 0 Å². The van der Waals surface area contributed by atoms with Crippen LogP contribution in [-0.2, 0) is 6.42 Å². The summed E-state index contributed by atoms with van der Waals surface area (Å²) in [6.45, 7) is 5.78. The van der Waals surface area contributed by atoms with Gasteiger partial charge in [0.15, 0.2) is 0 Å². The summed E-state index contributed by atoms with van der Waals surface area (Å²) in [6.07, 6.45) is 6.72. The molecule has 1 N–H and O–H groups in total. The minimum absolute atomic E-state index is 0.622. The van der Waals surface area contributed by atoms with E-state index >= 15 is 0 Å². The summed E-state index contributed by atoms with van der Waals surface area (Å²) in [5, 5.41) is 8.15. The Bertz CT molecular complexity index is 301. The third kappa shape index (κ3) is 2.86. The lowest BCUT2D eigenvalue weighted by atomic mass is 9.91. The van der Waals surface area contributed by atoms with Crippen molar-refractivity contribution < 1.29 is 0 Å². The van der Waals surface area contributed by atoms with Crippen molar-refractivity contribution in [2.45, 2.75) is 52.0 Å².